The van der Waals surface area contributed by atoms with Crippen LogP contribution in [0.1, 0.15) is 38.5 Å². The summed E-state index contributed by atoms with van der Waals surface area (Å²) in [5.74, 6) is -0.359. The lowest BCUT2D eigenvalue weighted by molar-refractivity contribution is -0.506. The lowest BCUT2D eigenvalue weighted by Gasteiger charge is -2.53. The second kappa shape index (κ2) is 4.05. The highest BCUT2D eigenvalue weighted by Crippen LogP contribution is 2.67. The van der Waals surface area contributed by atoms with Crippen LogP contribution in [0.15, 0.2) is 12.2 Å². The minimum atomic E-state index is -0.916. The van der Waals surface area contributed by atoms with Gasteiger partial charge in [-0.1, -0.05) is 25.0 Å². The van der Waals surface area contributed by atoms with Crippen molar-refractivity contribution in [1.82, 2.24) is 0 Å². The first kappa shape index (κ1) is 12.6. The topological polar surface area (TPSA) is 80.4 Å². The zero-order chi connectivity index (χ0) is 13.7. The number of nitrogens with zero attached hydrogens (tertiary/aromatic N) is 1. The summed E-state index contributed by atoms with van der Waals surface area (Å²) in [6.45, 7) is -0.207. The molecule has 104 valence electrons. The molecule has 3 rings (SSSR count). The molecule has 0 aromatic rings. The highest BCUT2D eigenvalue weighted by molar-refractivity contribution is 5.68. The van der Waals surface area contributed by atoms with Crippen LogP contribution in [0, 0.1) is 32.8 Å². The van der Waals surface area contributed by atoms with Crippen molar-refractivity contribution in [2.24, 2.45) is 22.7 Å². The maximum Gasteiger partial charge on any atom is 0.304 e. The molecule has 1 N–H and O–H groups in total. The molecule has 0 aliphatic heterocycles. The van der Waals surface area contributed by atoms with Gasteiger partial charge in [0.1, 0.15) is 0 Å². The maximum absolute atomic E-state index is 11.0. The molecule has 0 amide bonds. The van der Waals surface area contributed by atoms with Gasteiger partial charge in [-0.05, 0) is 36.5 Å². The van der Waals surface area contributed by atoms with Gasteiger partial charge >= 0.3 is 5.97 Å². The minimum absolute atomic E-state index is 0.0738. The van der Waals surface area contributed by atoms with E-state index >= 15 is 0 Å². The van der Waals surface area contributed by atoms with E-state index in [1.54, 1.807) is 0 Å². The number of hydrogen-bond acceptors (Lipinski definition) is 3. The molecule has 0 bridgehead atoms. The van der Waals surface area contributed by atoms with Gasteiger partial charge in [0.15, 0.2) is 0 Å². The van der Waals surface area contributed by atoms with Crippen LogP contribution in [0.25, 0.3) is 0 Å². The first-order valence-electron chi connectivity index (χ1n) is 7.00. The molecule has 0 aromatic carbocycles. The number of hydrogen-bond donors (Lipinski definition) is 1. The van der Waals surface area contributed by atoms with Crippen LogP contribution in [-0.2, 0) is 4.79 Å². The van der Waals surface area contributed by atoms with E-state index in [0.717, 1.165) is 0 Å². The molecular formula is C14H19NO4. The van der Waals surface area contributed by atoms with Crippen LogP contribution in [0.5, 0.6) is 0 Å². The van der Waals surface area contributed by atoms with Crippen LogP contribution in [0.2, 0.25) is 0 Å². The van der Waals surface area contributed by atoms with E-state index in [2.05, 4.69) is 12.2 Å². The van der Waals surface area contributed by atoms with Crippen LogP contribution >= 0.6 is 0 Å². The lowest BCUT2D eigenvalue weighted by atomic mass is 9.48. The van der Waals surface area contributed by atoms with Gasteiger partial charge in [0.05, 0.1) is 11.8 Å². The summed E-state index contributed by atoms with van der Waals surface area (Å²) in [5.41, 5.74) is -0.397. The molecule has 0 radical (unpaired) electrons. The first-order chi connectivity index (χ1) is 8.97. The average Bonchev–Trinajstić information content (AvgIpc) is 2.84. The summed E-state index contributed by atoms with van der Waals surface area (Å²) in [4.78, 5) is 21.6. The summed E-state index contributed by atoms with van der Waals surface area (Å²) in [6, 6.07) is 0. The van der Waals surface area contributed by atoms with E-state index in [1.807, 2.05) is 0 Å². The molecule has 2 fully saturated rings. The van der Waals surface area contributed by atoms with Crippen molar-refractivity contribution in [2.75, 3.05) is 6.54 Å². The number of nitro groups is 1. The molecule has 3 aliphatic carbocycles. The summed E-state index contributed by atoms with van der Waals surface area (Å²) in [7, 11) is 0. The lowest BCUT2D eigenvalue weighted by Crippen LogP contribution is -2.54. The molecule has 0 saturated heterocycles. The molecule has 2 saturated carbocycles. The van der Waals surface area contributed by atoms with Crippen molar-refractivity contribution < 1.29 is 14.8 Å². The first-order valence-corrected chi connectivity index (χ1v) is 7.00. The third-order valence-corrected chi connectivity index (χ3v) is 5.62. The molecule has 0 aromatic heterocycles. The van der Waals surface area contributed by atoms with E-state index in [9.17, 15) is 14.9 Å². The summed E-state index contributed by atoms with van der Waals surface area (Å²) in [6.07, 6.45) is 9.78. The standard InChI is InChI=1S/C14H19NO4/c16-12(17)8-14(9-15(18)19)7-11-10(14)3-6-13(11)4-1-2-5-13/h3,6,10-11H,1-2,4-5,7-9H2,(H,16,17)/t10-,11+,14+/m1/s1. The third kappa shape index (κ3) is 1.78. The number of carboxylic acid groups (broad SMARTS) is 1. The van der Waals surface area contributed by atoms with E-state index in [0.29, 0.717) is 12.3 Å². The predicted molar refractivity (Wildman–Crippen MR) is 68.2 cm³/mol. The molecule has 0 unspecified atom stereocenters. The van der Waals surface area contributed by atoms with E-state index in [-0.39, 0.29) is 29.2 Å². The fraction of sp³-hybridized carbons (Fsp3) is 0.786. The monoisotopic (exact) mass is 265 g/mol. The molecular weight excluding hydrogens is 246 g/mol. The smallest absolute Gasteiger partial charge is 0.304 e. The Morgan fingerprint density at radius 1 is 1.42 bits per heavy atom. The van der Waals surface area contributed by atoms with E-state index < -0.39 is 11.4 Å². The quantitative estimate of drug-likeness (QED) is 0.481. The van der Waals surface area contributed by atoms with Crippen molar-refractivity contribution in [3.8, 4) is 0 Å². The molecule has 3 aliphatic rings. The molecule has 0 heterocycles. The average molecular weight is 265 g/mol. The third-order valence-electron chi connectivity index (χ3n) is 5.62. The van der Waals surface area contributed by atoms with Gasteiger partial charge in [-0.25, -0.2) is 0 Å². The summed E-state index contributed by atoms with van der Waals surface area (Å²) < 4.78 is 0. The number of aliphatic carboxylic acids is 1. The molecule has 5 nitrogen and oxygen atoms in total. The van der Waals surface area contributed by atoms with Gasteiger partial charge in [0, 0.05) is 4.92 Å². The van der Waals surface area contributed by atoms with E-state index in [4.69, 9.17) is 5.11 Å². The van der Waals surface area contributed by atoms with Gasteiger partial charge in [-0.15, -0.1) is 0 Å². The Balaban J connectivity index is 1.81. The van der Waals surface area contributed by atoms with Crippen molar-refractivity contribution in [3.05, 3.63) is 22.3 Å². The fourth-order valence-corrected chi connectivity index (χ4v) is 4.83. The number of fused-ring (bicyclic) bond motifs is 2. The Kier molecular flexibility index (Phi) is 2.69. The molecule has 1 spiro atoms. The maximum atomic E-state index is 11.0. The molecule has 5 heteroatoms. The Morgan fingerprint density at radius 3 is 2.68 bits per heavy atom. The van der Waals surface area contributed by atoms with Crippen molar-refractivity contribution in [3.63, 3.8) is 0 Å². The Morgan fingerprint density at radius 2 is 2.11 bits per heavy atom. The summed E-state index contributed by atoms with van der Waals surface area (Å²) in [5, 5.41) is 19.9. The predicted octanol–water partition coefficient (Wildman–Crippen LogP) is 2.49. The highest BCUT2D eigenvalue weighted by Gasteiger charge is 2.64. The van der Waals surface area contributed by atoms with Gasteiger partial charge in [0.2, 0.25) is 6.54 Å². The second-order valence-electron chi connectivity index (χ2n) is 6.56. The van der Waals surface area contributed by atoms with Crippen LogP contribution < -0.4 is 0 Å². The normalized spacial score (nSPS) is 38.1. The van der Waals surface area contributed by atoms with Gasteiger partial charge in [-0.3, -0.25) is 14.9 Å². The Bertz CT molecular complexity index is 434. The highest BCUT2D eigenvalue weighted by atomic mass is 16.6. The zero-order valence-corrected chi connectivity index (χ0v) is 10.9. The van der Waals surface area contributed by atoms with Gasteiger partial charge in [0.25, 0.3) is 0 Å². The number of allylic oxidation sites excluding steroid dienone is 2. The van der Waals surface area contributed by atoms with Crippen LogP contribution in [0.4, 0.5) is 0 Å². The fourth-order valence-electron chi connectivity index (χ4n) is 4.83. The number of rotatable bonds is 4. The van der Waals surface area contributed by atoms with Crippen molar-refractivity contribution in [2.45, 2.75) is 38.5 Å². The molecule has 3 atom stereocenters. The largest absolute Gasteiger partial charge is 0.481 e. The van der Waals surface area contributed by atoms with Crippen LogP contribution in [-0.4, -0.2) is 22.5 Å². The zero-order valence-electron chi connectivity index (χ0n) is 10.9. The number of carboxylic acids is 1. The minimum Gasteiger partial charge on any atom is -0.481 e. The van der Waals surface area contributed by atoms with Crippen molar-refractivity contribution >= 4 is 5.97 Å². The van der Waals surface area contributed by atoms with E-state index in [1.165, 1.54) is 25.7 Å². The molecule has 19 heavy (non-hydrogen) atoms. The van der Waals surface area contributed by atoms with Crippen molar-refractivity contribution in [1.29, 1.82) is 0 Å². The Hall–Kier alpha value is -1.39. The Labute approximate surface area is 111 Å². The van der Waals surface area contributed by atoms with Gasteiger partial charge < -0.3 is 5.11 Å². The SMILES string of the molecule is O=C(O)C[C@]1(C[N+](=O)[O-])C[C@H]2[C@H]1C=CC21CCCC1. The van der Waals surface area contributed by atoms with Crippen LogP contribution in [0.3, 0.4) is 0 Å². The number of carbonyl (C=O) groups is 1. The summed E-state index contributed by atoms with van der Waals surface area (Å²) >= 11 is 0. The van der Waals surface area contributed by atoms with Gasteiger partial charge in [-0.2, -0.15) is 0 Å². The second-order valence-corrected chi connectivity index (χ2v) is 6.56.